The van der Waals surface area contributed by atoms with Crippen molar-refractivity contribution in [3.8, 4) is 0 Å². The molecule has 3 rings (SSSR count). The van der Waals surface area contributed by atoms with Crippen molar-refractivity contribution >= 4 is 16.8 Å². The van der Waals surface area contributed by atoms with Gasteiger partial charge in [0.1, 0.15) is 5.69 Å². The lowest BCUT2D eigenvalue weighted by molar-refractivity contribution is 0.0609. The second-order valence-corrected chi connectivity index (χ2v) is 6.03. The number of carbonyl (C=O) groups excluding carboxylic acids is 1. The predicted octanol–water partition coefficient (Wildman–Crippen LogP) is 1.53. The van der Waals surface area contributed by atoms with Crippen molar-refractivity contribution in [1.29, 1.82) is 0 Å². The van der Waals surface area contributed by atoms with Crippen LogP contribution in [-0.2, 0) is 0 Å². The highest BCUT2D eigenvalue weighted by Crippen LogP contribution is 2.24. The zero-order chi connectivity index (χ0) is 15.7. The lowest BCUT2D eigenvalue weighted by atomic mass is 10.1. The fourth-order valence-electron chi connectivity index (χ4n) is 3.13. The van der Waals surface area contributed by atoms with Gasteiger partial charge in [0.25, 0.3) is 5.91 Å². The minimum absolute atomic E-state index is 0.0787. The summed E-state index contributed by atoms with van der Waals surface area (Å²) in [6.07, 6.45) is 0. The van der Waals surface area contributed by atoms with Crippen LogP contribution in [0.15, 0.2) is 18.2 Å². The zero-order valence-electron chi connectivity index (χ0n) is 13.2. The highest BCUT2D eigenvalue weighted by atomic mass is 16.3. The third-order valence-electron chi connectivity index (χ3n) is 4.50. The van der Waals surface area contributed by atoms with Crippen LogP contribution in [0, 0.1) is 13.8 Å². The van der Waals surface area contributed by atoms with Gasteiger partial charge < -0.3 is 15.0 Å². The van der Waals surface area contributed by atoms with Crippen LogP contribution in [0.4, 0.5) is 0 Å². The molecule has 1 aliphatic rings. The molecule has 2 heterocycles. The van der Waals surface area contributed by atoms with E-state index in [2.05, 4.69) is 28.9 Å². The number of piperazine rings is 1. The number of carbonyl (C=O) groups is 1. The molecule has 1 saturated heterocycles. The van der Waals surface area contributed by atoms with Gasteiger partial charge in [0, 0.05) is 43.6 Å². The number of nitrogens with zero attached hydrogens (tertiary/aromatic N) is 2. The predicted molar refractivity (Wildman–Crippen MR) is 87.2 cm³/mol. The van der Waals surface area contributed by atoms with Crippen molar-refractivity contribution in [1.82, 2.24) is 14.8 Å². The van der Waals surface area contributed by atoms with E-state index in [-0.39, 0.29) is 12.5 Å². The minimum Gasteiger partial charge on any atom is -0.395 e. The van der Waals surface area contributed by atoms with Crippen LogP contribution in [0.2, 0.25) is 0 Å². The third-order valence-corrected chi connectivity index (χ3v) is 4.50. The number of hydrogen-bond donors (Lipinski definition) is 2. The molecule has 5 heteroatoms. The molecule has 0 radical (unpaired) electrons. The van der Waals surface area contributed by atoms with E-state index in [0.717, 1.165) is 29.6 Å². The lowest BCUT2D eigenvalue weighted by Gasteiger charge is -2.34. The molecule has 1 aromatic heterocycles. The molecule has 2 N–H and O–H groups in total. The topological polar surface area (TPSA) is 59.6 Å². The van der Waals surface area contributed by atoms with Crippen LogP contribution in [0.5, 0.6) is 0 Å². The maximum atomic E-state index is 12.8. The number of amides is 1. The molecule has 0 unspecified atom stereocenters. The Hall–Kier alpha value is -1.85. The minimum atomic E-state index is 0.0787. The number of fused-ring (bicyclic) bond motifs is 1. The number of aryl methyl sites for hydroxylation is 2. The SMILES string of the molecule is Cc1ccc2[nH]c(C(=O)N3CCN(CCO)CC3)c(C)c2c1. The molecule has 1 fully saturated rings. The summed E-state index contributed by atoms with van der Waals surface area (Å²) in [6, 6.07) is 6.21. The van der Waals surface area contributed by atoms with Gasteiger partial charge in [-0.2, -0.15) is 0 Å². The number of aromatic amines is 1. The summed E-state index contributed by atoms with van der Waals surface area (Å²) in [5.41, 5.74) is 3.95. The van der Waals surface area contributed by atoms with Gasteiger partial charge in [-0.1, -0.05) is 11.6 Å². The van der Waals surface area contributed by atoms with Gasteiger partial charge in [-0.25, -0.2) is 0 Å². The number of β-amino-alcohol motifs (C(OH)–C–C–N with tert-alkyl or cyclic N) is 1. The van der Waals surface area contributed by atoms with Crippen molar-refractivity contribution in [3.05, 3.63) is 35.0 Å². The van der Waals surface area contributed by atoms with Crippen molar-refractivity contribution in [3.63, 3.8) is 0 Å². The number of aromatic nitrogens is 1. The van der Waals surface area contributed by atoms with Crippen molar-refractivity contribution < 1.29 is 9.90 Å². The van der Waals surface area contributed by atoms with Crippen LogP contribution < -0.4 is 0 Å². The average molecular weight is 301 g/mol. The molecule has 0 aliphatic carbocycles. The van der Waals surface area contributed by atoms with Gasteiger partial charge in [-0.3, -0.25) is 9.69 Å². The Labute approximate surface area is 130 Å². The summed E-state index contributed by atoms with van der Waals surface area (Å²) in [7, 11) is 0. The zero-order valence-corrected chi connectivity index (χ0v) is 13.2. The third kappa shape index (κ3) is 2.74. The highest BCUT2D eigenvalue weighted by Gasteiger charge is 2.24. The summed E-state index contributed by atoms with van der Waals surface area (Å²) in [5.74, 6) is 0.0787. The first-order chi connectivity index (χ1) is 10.6. The van der Waals surface area contributed by atoms with Gasteiger partial charge in [-0.05, 0) is 31.5 Å². The maximum absolute atomic E-state index is 12.8. The number of aliphatic hydroxyl groups is 1. The Kier molecular flexibility index (Phi) is 4.18. The highest BCUT2D eigenvalue weighted by molar-refractivity contribution is 6.01. The molecule has 0 atom stereocenters. The van der Waals surface area contributed by atoms with E-state index in [1.807, 2.05) is 17.9 Å². The average Bonchev–Trinajstić information content (AvgIpc) is 2.84. The number of H-pyrrole nitrogens is 1. The summed E-state index contributed by atoms with van der Waals surface area (Å²) in [5, 5.41) is 10.1. The molecule has 0 bridgehead atoms. The molecule has 1 amide bonds. The van der Waals surface area contributed by atoms with E-state index in [1.165, 1.54) is 5.56 Å². The molecular weight excluding hydrogens is 278 g/mol. The van der Waals surface area contributed by atoms with E-state index >= 15 is 0 Å². The van der Waals surface area contributed by atoms with E-state index in [0.29, 0.717) is 25.3 Å². The monoisotopic (exact) mass is 301 g/mol. The fraction of sp³-hybridized carbons (Fsp3) is 0.471. The normalized spacial score (nSPS) is 16.4. The largest absolute Gasteiger partial charge is 0.395 e. The maximum Gasteiger partial charge on any atom is 0.270 e. The van der Waals surface area contributed by atoms with Gasteiger partial charge in [-0.15, -0.1) is 0 Å². The Morgan fingerprint density at radius 3 is 2.64 bits per heavy atom. The van der Waals surface area contributed by atoms with Crippen molar-refractivity contribution in [2.75, 3.05) is 39.3 Å². The molecule has 118 valence electrons. The Bertz CT molecular complexity index is 685. The second-order valence-electron chi connectivity index (χ2n) is 6.03. The number of hydrogen-bond acceptors (Lipinski definition) is 3. The number of rotatable bonds is 3. The Balaban J connectivity index is 1.80. The van der Waals surface area contributed by atoms with E-state index < -0.39 is 0 Å². The molecule has 1 aromatic carbocycles. The molecule has 2 aromatic rings. The smallest absolute Gasteiger partial charge is 0.270 e. The van der Waals surface area contributed by atoms with Crippen molar-refractivity contribution in [2.24, 2.45) is 0 Å². The van der Waals surface area contributed by atoms with Crippen LogP contribution in [0.1, 0.15) is 21.6 Å². The standard InChI is InChI=1S/C17H23N3O2/c1-12-3-4-15-14(11-12)13(2)16(18-15)17(22)20-7-5-19(6-8-20)9-10-21/h3-4,11,18,21H,5-10H2,1-2H3. The fourth-order valence-corrected chi connectivity index (χ4v) is 3.13. The number of benzene rings is 1. The van der Waals surface area contributed by atoms with Gasteiger partial charge >= 0.3 is 0 Å². The Morgan fingerprint density at radius 2 is 1.95 bits per heavy atom. The quantitative estimate of drug-likeness (QED) is 0.904. The molecule has 0 saturated carbocycles. The summed E-state index contributed by atoms with van der Waals surface area (Å²) >= 11 is 0. The van der Waals surface area contributed by atoms with Gasteiger partial charge in [0.15, 0.2) is 0 Å². The number of aliphatic hydroxyl groups excluding tert-OH is 1. The van der Waals surface area contributed by atoms with E-state index in [9.17, 15) is 4.79 Å². The Morgan fingerprint density at radius 1 is 1.23 bits per heavy atom. The molecule has 5 nitrogen and oxygen atoms in total. The molecule has 1 aliphatic heterocycles. The summed E-state index contributed by atoms with van der Waals surface area (Å²) in [4.78, 5) is 20.1. The van der Waals surface area contributed by atoms with Crippen LogP contribution >= 0.6 is 0 Å². The van der Waals surface area contributed by atoms with Crippen molar-refractivity contribution in [2.45, 2.75) is 13.8 Å². The first kappa shape index (κ1) is 15.1. The van der Waals surface area contributed by atoms with Gasteiger partial charge in [0.2, 0.25) is 0 Å². The summed E-state index contributed by atoms with van der Waals surface area (Å²) in [6.45, 7) is 8.01. The summed E-state index contributed by atoms with van der Waals surface area (Å²) < 4.78 is 0. The molecular formula is C17H23N3O2. The van der Waals surface area contributed by atoms with Crippen LogP contribution in [-0.4, -0.2) is 65.1 Å². The van der Waals surface area contributed by atoms with Crippen LogP contribution in [0.25, 0.3) is 10.9 Å². The van der Waals surface area contributed by atoms with E-state index in [4.69, 9.17) is 5.11 Å². The number of nitrogens with one attached hydrogen (secondary N) is 1. The van der Waals surface area contributed by atoms with Crippen LogP contribution in [0.3, 0.4) is 0 Å². The second kappa shape index (κ2) is 6.10. The lowest BCUT2D eigenvalue weighted by Crippen LogP contribution is -2.49. The molecule has 22 heavy (non-hydrogen) atoms. The molecule has 0 spiro atoms. The van der Waals surface area contributed by atoms with E-state index in [1.54, 1.807) is 0 Å². The first-order valence-electron chi connectivity index (χ1n) is 7.81. The van der Waals surface area contributed by atoms with Gasteiger partial charge in [0.05, 0.1) is 6.61 Å². The first-order valence-corrected chi connectivity index (χ1v) is 7.81.